The zero-order chi connectivity index (χ0) is 21.5. The van der Waals surface area contributed by atoms with Gasteiger partial charge in [0.2, 0.25) is 0 Å². The van der Waals surface area contributed by atoms with Gasteiger partial charge in [0.25, 0.3) is 5.91 Å². The van der Waals surface area contributed by atoms with E-state index in [0.717, 1.165) is 35.4 Å². The van der Waals surface area contributed by atoms with Gasteiger partial charge in [0, 0.05) is 29.2 Å². The van der Waals surface area contributed by atoms with Crippen LogP contribution in [0.5, 0.6) is 0 Å². The lowest BCUT2D eigenvalue weighted by Crippen LogP contribution is -2.17. The molecule has 0 unspecified atom stereocenters. The molecule has 1 aliphatic rings. The number of amides is 1. The Balaban J connectivity index is 1.66. The van der Waals surface area contributed by atoms with E-state index in [-0.39, 0.29) is 17.1 Å². The second kappa shape index (κ2) is 7.59. The van der Waals surface area contributed by atoms with E-state index in [1.807, 2.05) is 48.0 Å². The highest BCUT2D eigenvalue weighted by Gasteiger charge is 2.27. The van der Waals surface area contributed by atoms with Gasteiger partial charge in [-0.15, -0.1) is 0 Å². The van der Waals surface area contributed by atoms with Crippen LogP contribution >= 0.6 is 0 Å². The highest BCUT2D eigenvalue weighted by molar-refractivity contribution is 6.08. The second-order valence-corrected chi connectivity index (χ2v) is 9.02. The number of fused-ring (bicyclic) bond motifs is 1. The molecule has 6 nitrogen and oxygen atoms in total. The number of hydrogen-bond donors (Lipinski definition) is 2. The van der Waals surface area contributed by atoms with Crippen molar-refractivity contribution in [1.82, 2.24) is 14.8 Å². The molecule has 0 saturated carbocycles. The van der Waals surface area contributed by atoms with Crippen LogP contribution in [-0.4, -0.2) is 26.5 Å². The van der Waals surface area contributed by atoms with E-state index in [1.165, 1.54) is 0 Å². The molecule has 2 N–H and O–H groups in total. The number of aromatic amines is 1. The Morgan fingerprint density at radius 3 is 2.60 bits per heavy atom. The van der Waals surface area contributed by atoms with Crippen molar-refractivity contribution in [2.45, 2.75) is 58.9 Å². The van der Waals surface area contributed by atoms with Crippen LogP contribution in [0.15, 0.2) is 36.4 Å². The van der Waals surface area contributed by atoms with Crippen LogP contribution in [0.25, 0.3) is 0 Å². The lowest BCUT2D eigenvalue weighted by atomic mass is 9.92. The monoisotopic (exact) mass is 404 g/mol. The molecule has 0 spiro atoms. The van der Waals surface area contributed by atoms with Crippen LogP contribution in [0.2, 0.25) is 0 Å². The number of nitrogens with one attached hydrogen (secondary N) is 2. The minimum Gasteiger partial charge on any atom is -0.354 e. The summed E-state index contributed by atoms with van der Waals surface area (Å²) in [4.78, 5) is 28.6. The predicted molar refractivity (Wildman–Crippen MR) is 117 cm³/mol. The summed E-state index contributed by atoms with van der Waals surface area (Å²) in [7, 11) is 0. The van der Waals surface area contributed by atoms with E-state index in [4.69, 9.17) is 5.10 Å². The molecule has 4 rings (SSSR count). The maximum atomic E-state index is 13.1. The van der Waals surface area contributed by atoms with Crippen molar-refractivity contribution in [3.8, 4) is 0 Å². The molecule has 6 heteroatoms. The molecule has 30 heavy (non-hydrogen) atoms. The molecule has 1 amide bonds. The number of Topliss-reactive ketones (excluding diaryl/α,β-unsaturated/α-hetero) is 1. The van der Waals surface area contributed by atoms with E-state index in [1.54, 1.807) is 0 Å². The molecule has 0 bridgehead atoms. The second-order valence-electron chi connectivity index (χ2n) is 9.02. The summed E-state index contributed by atoms with van der Waals surface area (Å²) in [6, 6.07) is 12.0. The quantitative estimate of drug-likeness (QED) is 0.665. The van der Waals surface area contributed by atoms with Crippen molar-refractivity contribution in [2.75, 3.05) is 5.32 Å². The first-order valence-corrected chi connectivity index (χ1v) is 10.4. The number of carbonyl (C=O) groups is 2. The molecule has 0 atom stereocenters. The van der Waals surface area contributed by atoms with Gasteiger partial charge in [0.05, 0.1) is 12.2 Å². The third-order valence-corrected chi connectivity index (χ3v) is 5.63. The molecule has 156 valence electrons. The van der Waals surface area contributed by atoms with E-state index >= 15 is 0 Å². The minimum absolute atomic E-state index is 0.119. The summed E-state index contributed by atoms with van der Waals surface area (Å²) in [6.07, 6.45) is 2.17. The van der Waals surface area contributed by atoms with Crippen LogP contribution in [0.4, 0.5) is 5.82 Å². The third-order valence-electron chi connectivity index (χ3n) is 5.63. The number of carbonyl (C=O) groups excluding carboxylic acids is 2. The molecular formula is C24H28N4O2. The largest absolute Gasteiger partial charge is 0.354 e. The fourth-order valence-electron chi connectivity index (χ4n) is 3.94. The first-order chi connectivity index (χ1) is 14.2. The van der Waals surface area contributed by atoms with Gasteiger partial charge in [-0.25, -0.2) is 4.68 Å². The van der Waals surface area contributed by atoms with Crippen LogP contribution in [0.3, 0.4) is 0 Å². The van der Waals surface area contributed by atoms with Gasteiger partial charge < -0.3 is 10.3 Å². The average molecular weight is 405 g/mol. The Hall–Kier alpha value is -3.15. The van der Waals surface area contributed by atoms with Gasteiger partial charge in [-0.05, 0) is 30.9 Å². The Kier molecular flexibility index (Phi) is 5.10. The molecule has 0 aliphatic heterocycles. The highest BCUT2D eigenvalue weighted by atomic mass is 16.2. The van der Waals surface area contributed by atoms with Gasteiger partial charge in [0.1, 0.15) is 11.5 Å². The molecule has 1 aliphatic carbocycles. The number of ketones is 1. The maximum Gasteiger partial charge on any atom is 0.273 e. The maximum absolute atomic E-state index is 13.1. The zero-order valence-corrected chi connectivity index (χ0v) is 18.0. The predicted octanol–water partition coefficient (Wildman–Crippen LogP) is 4.64. The number of H-pyrrole nitrogens is 1. The molecule has 0 saturated heterocycles. The Bertz CT molecular complexity index is 1100. The van der Waals surface area contributed by atoms with Crippen LogP contribution in [0, 0.1) is 6.92 Å². The van der Waals surface area contributed by atoms with Gasteiger partial charge in [-0.1, -0.05) is 51.1 Å². The average Bonchev–Trinajstić information content (AvgIpc) is 3.24. The van der Waals surface area contributed by atoms with Crippen molar-refractivity contribution in [2.24, 2.45) is 0 Å². The Morgan fingerprint density at radius 2 is 1.93 bits per heavy atom. The van der Waals surface area contributed by atoms with Gasteiger partial charge in [0.15, 0.2) is 5.78 Å². The van der Waals surface area contributed by atoms with Gasteiger partial charge in [-0.2, -0.15) is 5.10 Å². The lowest BCUT2D eigenvalue weighted by molar-refractivity contribution is 0.0971. The smallest absolute Gasteiger partial charge is 0.273 e. The van der Waals surface area contributed by atoms with Crippen molar-refractivity contribution in [3.05, 3.63) is 70.2 Å². The zero-order valence-electron chi connectivity index (χ0n) is 18.0. The number of aryl methyl sites for hydroxylation is 1. The number of anilines is 1. The number of hydrogen-bond acceptors (Lipinski definition) is 3. The Labute approximate surface area is 176 Å². The van der Waals surface area contributed by atoms with E-state index < -0.39 is 0 Å². The number of rotatable bonds is 4. The number of benzene rings is 1. The van der Waals surface area contributed by atoms with Crippen LogP contribution in [0.1, 0.15) is 77.0 Å². The molecule has 2 heterocycles. The van der Waals surface area contributed by atoms with Gasteiger partial charge >= 0.3 is 0 Å². The first kappa shape index (κ1) is 20.1. The van der Waals surface area contributed by atoms with E-state index in [2.05, 4.69) is 31.1 Å². The number of nitrogens with zero attached hydrogens (tertiary/aromatic N) is 2. The summed E-state index contributed by atoms with van der Waals surface area (Å²) in [5.41, 5.74) is 4.63. The molecule has 0 radical (unpaired) electrons. The molecular weight excluding hydrogens is 376 g/mol. The van der Waals surface area contributed by atoms with Crippen molar-refractivity contribution in [3.63, 3.8) is 0 Å². The normalized spacial score (nSPS) is 13.9. The number of aromatic nitrogens is 3. The van der Waals surface area contributed by atoms with Crippen molar-refractivity contribution in [1.29, 1.82) is 0 Å². The van der Waals surface area contributed by atoms with Crippen molar-refractivity contribution < 1.29 is 9.59 Å². The van der Waals surface area contributed by atoms with Gasteiger partial charge in [-0.3, -0.25) is 9.59 Å². The standard InChI is InChI=1S/C24H28N4O2/c1-15-21-17(11-8-12-18(21)29)25-22(15)23(30)26-20-13-19(24(2,3)4)27-28(20)14-16-9-6-5-7-10-16/h5-7,9-10,13,25H,8,11-12,14H2,1-4H3,(H,26,30). The molecule has 1 aromatic carbocycles. The van der Waals surface area contributed by atoms with E-state index in [9.17, 15) is 9.59 Å². The SMILES string of the molecule is Cc1c(C(=O)Nc2cc(C(C)(C)C)nn2Cc2ccccc2)[nH]c2c1C(=O)CCC2. The first-order valence-electron chi connectivity index (χ1n) is 10.4. The van der Waals surface area contributed by atoms with E-state index in [0.29, 0.717) is 30.0 Å². The lowest BCUT2D eigenvalue weighted by Gasteiger charge is -2.14. The molecule has 2 aromatic heterocycles. The minimum atomic E-state index is -0.246. The summed E-state index contributed by atoms with van der Waals surface area (Å²) in [5, 5.41) is 7.78. The summed E-state index contributed by atoms with van der Waals surface area (Å²) in [5.74, 6) is 0.518. The summed E-state index contributed by atoms with van der Waals surface area (Å²) in [6.45, 7) is 8.70. The highest BCUT2D eigenvalue weighted by Crippen LogP contribution is 2.28. The third kappa shape index (κ3) is 3.82. The van der Waals surface area contributed by atoms with Crippen LogP contribution < -0.4 is 5.32 Å². The van der Waals surface area contributed by atoms with Crippen LogP contribution in [-0.2, 0) is 18.4 Å². The summed E-state index contributed by atoms with van der Waals surface area (Å²) >= 11 is 0. The Morgan fingerprint density at radius 1 is 1.20 bits per heavy atom. The summed E-state index contributed by atoms with van der Waals surface area (Å²) < 4.78 is 1.83. The topological polar surface area (TPSA) is 79.8 Å². The molecule has 0 fully saturated rings. The molecule has 3 aromatic rings. The van der Waals surface area contributed by atoms with Crippen molar-refractivity contribution >= 4 is 17.5 Å². The fraction of sp³-hybridized carbons (Fsp3) is 0.375. The fourth-order valence-corrected chi connectivity index (χ4v) is 3.94.